The molecule has 4 heteroatoms. The minimum absolute atomic E-state index is 0.238. The number of aryl methyl sites for hydroxylation is 1. The van der Waals surface area contributed by atoms with Gasteiger partial charge in [0.1, 0.15) is 5.82 Å². The minimum Gasteiger partial charge on any atom is -0.393 e. The average molecular weight is 225 g/mol. The third kappa shape index (κ3) is 3.62. The zero-order valence-electron chi connectivity index (χ0n) is 9.46. The molecule has 0 aliphatic rings. The number of aliphatic hydroxyl groups is 1. The van der Waals surface area contributed by atoms with E-state index in [-0.39, 0.29) is 11.7 Å². The van der Waals surface area contributed by atoms with Crippen LogP contribution in [-0.4, -0.2) is 23.7 Å². The van der Waals surface area contributed by atoms with E-state index in [4.69, 9.17) is 5.11 Å². The lowest BCUT2D eigenvalue weighted by Crippen LogP contribution is -2.27. The van der Waals surface area contributed by atoms with Crippen LogP contribution >= 0.6 is 0 Å². The maximum absolute atomic E-state index is 12.8. The van der Waals surface area contributed by atoms with Gasteiger partial charge in [0.05, 0.1) is 6.10 Å². The Morgan fingerprint density at radius 1 is 1.56 bits per heavy atom. The normalized spacial score (nSPS) is 12.2. The van der Waals surface area contributed by atoms with E-state index < -0.39 is 6.10 Å². The summed E-state index contributed by atoms with van der Waals surface area (Å²) < 4.78 is 12.8. The predicted octanol–water partition coefficient (Wildman–Crippen LogP) is 1.63. The van der Waals surface area contributed by atoms with E-state index in [0.29, 0.717) is 24.1 Å². The number of aliphatic hydroxyl groups excluding tert-OH is 1. The molecule has 0 fully saturated rings. The molecule has 1 atom stereocenters. The molecule has 16 heavy (non-hydrogen) atoms. The molecule has 1 aromatic carbocycles. The van der Waals surface area contributed by atoms with E-state index in [1.54, 1.807) is 13.8 Å². The largest absolute Gasteiger partial charge is 0.393 e. The number of benzene rings is 1. The second-order valence-electron chi connectivity index (χ2n) is 3.85. The first-order valence-corrected chi connectivity index (χ1v) is 5.23. The van der Waals surface area contributed by atoms with Crippen molar-refractivity contribution in [1.82, 2.24) is 5.32 Å². The van der Waals surface area contributed by atoms with Crippen molar-refractivity contribution < 1.29 is 14.3 Å². The summed E-state index contributed by atoms with van der Waals surface area (Å²) in [5, 5.41) is 11.7. The highest BCUT2D eigenvalue weighted by atomic mass is 19.1. The van der Waals surface area contributed by atoms with Crippen molar-refractivity contribution in [3.63, 3.8) is 0 Å². The van der Waals surface area contributed by atoms with Gasteiger partial charge in [0.25, 0.3) is 5.91 Å². The molecule has 0 aliphatic carbocycles. The molecule has 88 valence electrons. The van der Waals surface area contributed by atoms with Gasteiger partial charge in [-0.25, -0.2) is 4.39 Å². The Hall–Kier alpha value is -1.42. The van der Waals surface area contributed by atoms with Crippen LogP contribution in [0.25, 0.3) is 0 Å². The van der Waals surface area contributed by atoms with Crippen molar-refractivity contribution in [2.24, 2.45) is 0 Å². The van der Waals surface area contributed by atoms with E-state index in [9.17, 15) is 9.18 Å². The fraction of sp³-hybridized carbons (Fsp3) is 0.417. The van der Waals surface area contributed by atoms with Crippen molar-refractivity contribution in [1.29, 1.82) is 0 Å². The standard InChI is InChI=1S/C12H16FNO2/c1-8-7-10(13)3-4-11(8)12(16)14-6-5-9(2)15/h3-4,7,9,15H,5-6H2,1-2H3,(H,14,16). The lowest BCUT2D eigenvalue weighted by molar-refractivity contribution is 0.0945. The smallest absolute Gasteiger partial charge is 0.251 e. The van der Waals surface area contributed by atoms with Crippen LogP contribution in [0, 0.1) is 12.7 Å². The summed E-state index contributed by atoms with van der Waals surface area (Å²) >= 11 is 0. The number of nitrogens with one attached hydrogen (secondary N) is 1. The molecule has 0 aliphatic heterocycles. The predicted molar refractivity (Wildman–Crippen MR) is 59.8 cm³/mol. The summed E-state index contributed by atoms with van der Waals surface area (Å²) in [4.78, 5) is 11.6. The molecule has 0 heterocycles. The van der Waals surface area contributed by atoms with Crippen molar-refractivity contribution in [2.75, 3.05) is 6.54 Å². The Morgan fingerprint density at radius 3 is 2.81 bits per heavy atom. The molecule has 0 saturated heterocycles. The van der Waals surface area contributed by atoms with Gasteiger partial charge in [-0.05, 0) is 44.0 Å². The third-order valence-corrected chi connectivity index (χ3v) is 2.28. The molecule has 0 bridgehead atoms. The van der Waals surface area contributed by atoms with Crippen LogP contribution in [0.3, 0.4) is 0 Å². The molecule has 0 radical (unpaired) electrons. The van der Waals surface area contributed by atoms with Crippen molar-refractivity contribution >= 4 is 5.91 Å². The number of hydrogen-bond donors (Lipinski definition) is 2. The molecule has 1 aromatic rings. The number of carbonyl (C=O) groups excluding carboxylic acids is 1. The number of rotatable bonds is 4. The van der Waals surface area contributed by atoms with Gasteiger partial charge in [0.15, 0.2) is 0 Å². The van der Waals surface area contributed by atoms with Gasteiger partial charge in [0, 0.05) is 12.1 Å². The van der Waals surface area contributed by atoms with Crippen LogP contribution in [0.5, 0.6) is 0 Å². The highest BCUT2D eigenvalue weighted by molar-refractivity contribution is 5.95. The van der Waals surface area contributed by atoms with Gasteiger partial charge >= 0.3 is 0 Å². The maximum Gasteiger partial charge on any atom is 0.251 e. The van der Waals surface area contributed by atoms with Crippen LogP contribution in [0.4, 0.5) is 4.39 Å². The Bertz CT molecular complexity index is 377. The van der Waals surface area contributed by atoms with E-state index in [0.717, 1.165) is 0 Å². The molecule has 0 spiro atoms. The Morgan fingerprint density at radius 2 is 2.25 bits per heavy atom. The summed E-state index contributed by atoms with van der Waals surface area (Å²) in [5.74, 6) is -0.587. The van der Waals surface area contributed by atoms with Crippen LogP contribution in [0.2, 0.25) is 0 Å². The minimum atomic E-state index is -0.436. The molecule has 1 rings (SSSR count). The first kappa shape index (κ1) is 12.6. The van der Waals surface area contributed by atoms with Gasteiger partial charge < -0.3 is 10.4 Å². The van der Waals surface area contributed by atoms with Gasteiger partial charge in [-0.15, -0.1) is 0 Å². The molecule has 1 unspecified atom stereocenters. The van der Waals surface area contributed by atoms with E-state index in [1.807, 2.05) is 0 Å². The quantitative estimate of drug-likeness (QED) is 0.818. The molecule has 1 amide bonds. The summed E-state index contributed by atoms with van der Waals surface area (Å²) in [5.41, 5.74) is 1.07. The molecular formula is C12H16FNO2. The molecular weight excluding hydrogens is 209 g/mol. The van der Waals surface area contributed by atoms with Gasteiger partial charge in [-0.3, -0.25) is 4.79 Å². The zero-order valence-corrected chi connectivity index (χ0v) is 9.46. The fourth-order valence-corrected chi connectivity index (χ4v) is 1.37. The zero-order chi connectivity index (χ0) is 12.1. The Labute approximate surface area is 94.3 Å². The highest BCUT2D eigenvalue weighted by Crippen LogP contribution is 2.09. The number of halogens is 1. The number of carbonyl (C=O) groups is 1. The topological polar surface area (TPSA) is 49.3 Å². The Kier molecular flexibility index (Phi) is 4.43. The first-order valence-electron chi connectivity index (χ1n) is 5.23. The number of amides is 1. The monoisotopic (exact) mass is 225 g/mol. The molecule has 0 aromatic heterocycles. The van der Waals surface area contributed by atoms with Crippen molar-refractivity contribution in [3.8, 4) is 0 Å². The summed E-state index contributed by atoms with van der Waals surface area (Å²) in [6.45, 7) is 3.76. The first-order chi connectivity index (χ1) is 7.50. The van der Waals surface area contributed by atoms with Gasteiger partial charge in [0.2, 0.25) is 0 Å². The van der Waals surface area contributed by atoms with Crippen LogP contribution in [-0.2, 0) is 0 Å². The molecule has 2 N–H and O–H groups in total. The van der Waals surface area contributed by atoms with Crippen LogP contribution < -0.4 is 5.32 Å². The summed E-state index contributed by atoms with van der Waals surface area (Å²) in [6.07, 6.45) is 0.0704. The average Bonchev–Trinajstić information content (AvgIpc) is 2.16. The third-order valence-electron chi connectivity index (χ3n) is 2.28. The van der Waals surface area contributed by atoms with Crippen molar-refractivity contribution in [3.05, 3.63) is 35.1 Å². The summed E-state index contributed by atoms with van der Waals surface area (Å²) in [6, 6.07) is 4.04. The lowest BCUT2D eigenvalue weighted by atomic mass is 10.1. The van der Waals surface area contributed by atoms with E-state index in [2.05, 4.69) is 5.32 Å². The lowest BCUT2D eigenvalue weighted by Gasteiger charge is -2.08. The van der Waals surface area contributed by atoms with Crippen LogP contribution in [0.15, 0.2) is 18.2 Å². The van der Waals surface area contributed by atoms with E-state index in [1.165, 1.54) is 18.2 Å². The Balaban J connectivity index is 2.59. The second-order valence-corrected chi connectivity index (χ2v) is 3.85. The van der Waals surface area contributed by atoms with Gasteiger partial charge in [-0.2, -0.15) is 0 Å². The van der Waals surface area contributed by atoms with Crippen LogP contribution in [0.1, 0.15) is 29.3 Å². The number of hydrogen-bond acceptors (Lipinski definition) is 2. The second kappa shape index (κ2) is 5.61. The molecule has 3 nitrogen and oxygen atoms in total. The molecule has 0 saturated carbocycles. The van der Waals surface area contributed by atoms with Crippen molar-refractivity contribution in [2.45, 2.75) is 26.4 Å². The maximum atomic E-state index is 12.8. The van der Waals surface area contributed by atoms with Gasteiger partial charge in [-0.1, -0.05) is 0 Å². The SMILES string of the molecule is Cc1cc(F)ccc1C(=O)NCCC(C)O. The highest BCUT2D eigenvalue weighted by Gasteiger charge is 2.09. The fourth-order valence-electron chi connectivity index (χ4n) is 1.37. The summed E-state index contributed by atoms with van der Waals surface area (Å²) in [7, 11) is 0. The van der Waals surface area contributed by atoms with E-state index >= 15 is 0 Å².